The van der Waals surface area contributed by atoms with Gasteiger partial charge < -0.3 is 19.3 Å². The third kappa shape index (κ3) is 5.26. The molecule has 0 aliphatic carbocycles. The molecule has 4 nitrogen and oxygen atoms in total. The van der Waals surface area contributed by atoms with Crippen LogP contribution in [-0.2, 0) is 13.2 Å². The van der Waals surface area contributed by atoms with Crippen molar-refractivity contribution in [3.05, 3.63) is 88.9 Å². The van der Waals surface area contributed by atoms with Gasteiger partial charge in [0.25, 0.3) is 0 Å². The average molecular weight is 424 g/mol. The zero-order valence-corrected chi connectivity index (χ0v) is 18.1. The van der Waals surface area contributed by atoms with Crippen LogP contribution < -0.4 is 19.3 Å². The third-order valence-electron chi connectivity index (χ3n) is 5.56. The Morgan fingerprint density at radius 3 is 2.40 bits per heavy atom. The van der Waals surface area contributed by atoms with E-state index in [1.807, 2.05) is 42.5 Å². The number of hydrogen-bond donors (Lipinski definition) is 1. The molecule has 3 aromatic carbocycles. The number of nitrogens with one attached hydrogen (secondary N) is 1. The van der Waals surface area contributed by atoms with Crippen molar-refractivity contribution in [1.82, 2.24) is 0 Å². The molecule has 4 rings (SSSR count). The van der Waals surface area contributed by atoms with Crippen LogP contribution in [0.1, 0.15) is 11.1 Å². The second-order valence-corrected chi connectivity index (χ2v) is 8.09. The van der Waals surface area contributed by atoms with Gasteiger partial charge in [0, 0.05) is 16.3 Å². The minimum Gasteiger partial charge on any atom is -0.493 e. The van der Waals surface area contributed by atoms with Gasteiger partial charge in [-0.3, -0.25) is 0 Å². The number of anilines is 1. The number of nitrogens with zero attached hydrogens (tertiary/aromatic N) is 1. The fourth-order valence-corrected chi connectivity index (χ4v) is 4.08. The van der Waals surface area contributed by atoms with E-state index >= 15 is 0 Å². The number of quaternary nitrogens is 1. The van der Waals surface area contributed by atoms with Gasteiger partial charge in [-0.2, -0.15) is 0 Å². The van der Waals surface area contributed by atoms with Crippen molar-refractivity contribution in [3.63, 3.8) is 0 Å². The second-order valence-electron chi connectivity index (χ2n) is 7.65. The summed E-state index contributed by atoms with van der Waals surface area (Å²) in [6.07, 6.45) is 0. The van der Waals surface area contributed by atoms with Crippen molar-refractivity contribution in [2.24, 2.45) is 0 Å². The summed E-state index contributed by atoms with van der Waals surface area (Å²) in [5.74, 6) is 1.58. The van der Waals surface area contributed by atoms with E-state index in [-0.39, 0.29) is 0 Å². The van der Waals surface area contributed by atoms with Crippen molar-refractivity contribution in [2.75, 3.05) is 38.2 Å². The first-order chi connectivity index (χ1) is 14.7. The molecule has 0 spiro atoms. The maximum atomic E-state index is 6.15. The van der Waals surface area contributed by atoms with Gasteiger partial charge in [-0.25, -0.2) is 0 Å². The smallest absolute Gasteiger partial charge is 0.162 e. The summed E-state index contributed by atoms with van der Waals surface area (Å²) in [6, 6.07) is 24.6. The standard InChI is InChI=1S/C25H27ClN2O2/c1-29-24-11-10-21(16-25(24)30-19-20-6-3-2-4-7-20)18-27-12-14-28(15-13-27)23-9-5-8-22(26)17-23/h2-11,16-17H,12-15,18-19H2,1H3/p+1. The van der Waals surface area contributed by atoms with Crippen LogP contribution in [0.15, 0.2) is 72.8 Å². The molecule has 0 atom stereocenters. The Hall–Kier alpha value is -2.69. The molecule has 1 N–H and O–H groups in total. The van der Waals surface area contributed by atoms with Gasteiger partial charge in [0.15, 0.2) is 11.5 Å². The molecular weight excluding hydrogens is 396 g/mol. The molecule has 3 aromatic rings. The largest absolute Gasteiger partial charge is 0.493 e. The molecule has 30 heavy (non-hydrogen) atoms. The third-order valence-corrected chi connectivity index (χ3v) is 5.80. The van der Waals surface area contributed by atoms with E-state index < -0.39 is 0 Å². The molecule has 0 saturated carbocycles. The van der Waals surface area contributed by atoms with Crippen molar-refractivity contribution < 1.29 is 14.4 Å². The molecule has 0 amide bonds. The van der Waals surface area contributed by atoms with Crippen molar-refractivity contribution in [2.45, 2.75) is 13.2 Å². The molecule has 1 aliphatic rings. The first-order valence-electron chi connectivity index (χ1n) is 10.4. The lowest BCUT2D eigenvalue weighted by Gasteiger charge is -2.33. The van der Waals surface area contributed by atoms with E-state index in [4.69, 9.17) is 21.1 Å². The van der Waals surface area contributed by atoms with E-state index in [0.717, 1.165) is 54.8 Å². The highest BCUT2D eigenvalue weighted by atomic mass is 35.5. The summed E-state index contributed by atoms with van der Waals surface area (Å²) in [7, 11) is 1.69. The number of ether oxygens (including phenoxy) is 2. The van der Waals surface area contributed by atoms with Crippen LogP contribution in [0.3, 0.4) is 0 Å². The summed E-state index contributed by atoms with van der Waals surface area (Å²) in [5.41, 5.74) is 3.63. The number of hydrogen-bond acceptors (Lipinski definition) is 3. The second kappa shape index (κ2) is 9.88. The summed E-state index contributed by atoms with van der Waals surface area (Å²) in [5, 5.41) is 0.795. The van der Waals surface area contributed by atoms with E-state index in [9.17, 15) is 0 Å². The van der Waals surface area contributed by atoms with Gasteiger partial charge in [-0.15, -0.1) is 0 Å². The zero-order chi connectivity index (χ0) is 20.8. The number of rotatable bonds is 7. The Kier molecular flexibility index (Phi) is 6.77. The van der Waals surface area contributed by atoms with Crippen molar-refractivity contribution in [1.29, 1.82) is 0 Å². The number of methoxy groups -OCH3 is 1. The van der Waals surface area contributed by atoms with Gasteiger partial charge in [0.1, 0.15) is 13.2 Å². The molecule has 0 radical (unpaired) electrons. The Morgan fingerprint density at radius 1 is 0.867 bits per heavy atom. The minimum absolute atomic E-state index is 0.534. The fraction of sp³-hybridized carbons (Fsp3) is 0.280. The van der Waals surface area contributed by atoms with E-state index in [1.165, 1.54) is 11.3 Å². The molecule has 5 heteroatoms. The Morgan fingerprint density at radius 2 is 1.67 bits per heavy atom. The summed E-state index contributed by atoms with van der Waals surface area (Å²) in [6.45, 7) is 5.77. The predicted octanol–water partition coefficient (Wildman–Crippen LogP) is 3.83. The van der Waals surface area contributed by atoms with Crippen LogP contribution in [0, 0.1) is 0 Å². The number of halogens is 1. The van der Waals surface area contributed by atoms with Crippen LogP contribution in [0.25, 0.3) is 0 Å². The molecule has 156 valence electrons. The average Bonchev–Trinajstić information content (AvgIpc) is 2.79. The first-order valence-corrected chi connectivity index (χ1v) is 10.8. The van der Waals surface area contributed by atoms with E-state index in [0.29, 0.717) is 6.61 Å². The topological polar surface area (TPSA) is 26.1 Å². The first kappa shape index (κ1) is 20.6. The molecule has 1 fully saturated rings. The highest BCUT2D eigenvalue weighted by Crippen LogP contribution is 2.28. The van der Waals surface area contributed by atoms with Crippen molar-refractivity contribution in [3.8, 4) is 11.5 Å². The molecule has 1 aliphatic heterocycles. The van der Waals surface area contributed by atoms with Crippen LogP contribution >= 0.6 is 11.6 Å². The lowest BCUT2D eigenvalue weighted by Crippen LogP contribution is -3.13. The normalized spacial score (nSPS) is 14.5. The molecule has 0 aromatic heterocycles. The zero-order valence-electron chi connectivity index (χ0n) is 17.3. The maximum Gasteiger partial charge on any atom is 0.162 e. The Bertz CT molecular complexity index is 956. The molecule has 1 heterocycles. The summed E-state index contributed by atoms with van der Waals surface area (Å²) in [4.78, 5) is 3.99. The van der Waals surface area contributed by atoms with Crippen LogP contribution in [0.2, 0.25) is 5.02 Å². The van der Waals surface area contributed by atoms with Crippen molar-refractivity contribution >= 4 is 17.3 Å². The predicted molar refractivity (Wildman–Crippen MR) is 122 cm³/mol. The molecular formula is C25H28ClN2O2+. The monoisotopic (exact) mass is 423 g/mol. The Labute approximate surface area is 183 Å². The highest BCUT2D eigenvalue weighted by Gasteiger charge is 2.21. The van der Waals surface area contributed by atoms with Gasteiger partial charge in [-0.05, 0) is 42.0 Å². The summed E-state index contributed by atoms with van der Waals surface area (Å²) < 4.78 is 11.6. The van der Waals surface area contributed by atoms with Crippen LogP contribution in [-0.4, -0.2) is 33.3 Å². The SMILES string of the molecule is COc1ccc(C[NH+]2CCN(c3cccc(Cl)c3)CC2)cc1OCc1ccccc1. The minimum atomic E-state index is 0.534. The maximum absolute atomic E-state index is 6.15. The van der Waals surface area contributed by atoms with Gasteiger partial charge >= 0.3 is 0 Å². The molecule has 1 saturated heterocycles. The number of piperazine rings is 1. The van der Waals surface area contributed by atoms with E-state index in [1.54, 1.807) is 12.0 Å². The lowest BCUT2D eigenvalue weighted by molar-refractivity contribution is -0.914. The van der Waals surface area contributed by atoms with Crippen LogP contribution in [0.5, 0.6) is 11.5 Å². The van der Waals surface area contributed by atoms with Gasteiger partial charge in [0.05, 0.1) is 33.3 Å². The van der Waals surface area contributed by atoms with Crippen LogP contribution in [0.4, 0.5) is 5.69 Å². The van der Waals surface area contributed by atoms with Gasteiger partial charge in [-0.1, -0.05) is 48.0 Å². The highest BCUT2D eigenvalue weighted by molar-refractivity contribution is 6.30. The van der Waals surface area contributed by atoms with Gasteiger partial charge in [0.2, 0.25) is 0 Å². The summed E-state index contributed by atoms with van der Waals surface area (Å²) >= 11 is 6.15. The molecule has 0 bridgehead atoms. The Balaban J connectivity index is 1.36. The fourth-order valence-electron chi connectivity index (χ4n) is 3.90. The number of benzene rings is 3. The lowest BCUT2D eigenvalue weighted by atomic mass is 10.1. The quantitative estimate of drug-likeness (QED) is 0.625. The molecule has 0 unspecified atom stereocenters. The van der Waals surface area contributed by atoms with E-state index in [2.05, 4.69) is 35.2 Å².